The predicted octanol–water partition coefficient (Wildman–Crippen LogP) is 3.73. The van der Waals surface area contributed by atoms with E-state index >= 15 is 0 Å². The molecule has 0 rings (SSSR count). The molecule has 0 radical (unpaired) electrons. The standard InChI is InChI=1S/C10H17Cl2NOS/c1-7(2)13(8(3)4)10(15)14-6-9(12)5-11/h5,7-8H,6H2,1-4H3/b9-5+. The number of nitrogens with zero attached hydrogens (tertiary/aromatic N) is 1. The number of ether oxygens (including phenoxy) is 1. The van der Waals surface area contributed by atoms with Crippen LogP contribution in [0.25, 0.3) is 0 Å². The Labute approximate surface area is 107 Å². The van der Waals surface area contributed by atoms with Crippen LogP contribution < -0.4 is 0 Å². The molecule has 2 nitrogen and oxygen atoms in total. The van der Waals surface area contributed by atoms with E-state index in [1.165, 1.54) is 5.54 Å². The fourth-order valence-corrected chi connectivity index (χ4v) is 1.85. The molecule has 0 fully saturated rings. The van der Waals surface area contributed by atoms with Crippen molar-refractivity contribution in [2.75, 3.05) is 6.61 Å². The molecule has 0 saturated heterocycles. The van der Waals surface area contributed by atoms with Gasteiger partial charge in [0, 0.05) is 17.6 Å². The summed E-state index contributed by atoms with van der Waals surface area (Å²) in [6.07, 6.45) is 0. The summed E-state index contributed by atoms with van der Waals surface area (Å²) in [6, 6.07) is 0.604. The Morgan fingerprint density at radius 2 is 1.80 bits per heavy atom. The molecule has 0 aliphatic rings. The fourth-order valence-electron chi connectivity index (χ4n) is 1.25. The van der Waals surface area contributed by atoms with Gasteiger partial charge in [-0.05, 0) is 39.9 Å². The maximum atomic E-state index is 5.70. The maximum Gasteiger partial charge on any atom is 0.260 e. The largest absolute Gasteiger partial charge is 0.465 e. The number of thiocarbonyl (C=S) groups is 1. The van der Waals surface area contributed by atoms with E-state index < -0.39 is 0 Å². The van der Waals surface area contributed by atoms with E-state index in [9.17, 15) is 0 Å². The Hall–Kier alpha value is 0.01000. The van der Waals surface area contributed by atoms with Crippen LogP contribution in [0.3, 0.4) is 0 Å². The van der Waals surface area contributed by atoms with Crippen LogP contribution in [-0.2, 0) is 4.74 Å². The van der Waals surface area contributed by atoms with Crippen molar-refractivity contribution in [3.8, 4) is 0 Å². The van der Waals surface area contributed by atoms with Crippen molar-refractivity contribution < 1.29 is 4.74 Å². The molecule has 0 amide bonds. The fraction of sp³-hybridized carbons (Fsp3) is 0.700. The van der Waals surface area contributed by atoms with Gasteiger partial charge in [0.25, 0.3) is 5.17 Å². The van der Waals surface area contributed by atoms with Crippen molar-refractivity contribution in [2.24, 2.45) is 0 Å². The SMILES string of the molecule is CC(C)N(C(=S)OC/C(Cl)=C\Cl)C(C)C. The molecule has 0 N–H and O–H groups in total. The highest BCUT2D eigenvalue weighted by molar-refractivity contribution is 7.80. The van der Waals surface area contributed by atoms with Crippen molar-refractivity contribution in [3.05, 3.63) is 10.6 Å². The van der Waals surface area contributed by atoms with Gasteiger partial charge in [-0.25, -0.2) is 0 Å². The number of rotatable bonds is 4. The molecule has 0 aromatic heterocycles. The summed E-state index contributed by atoms with van der Waals surface area (Å²) < 4.78 is 5.35. The Bertz CT molecular complexity index is 234. The zero-order valence-corrected chi connectivity index (χ0v) is 11.8. The van der Waals surface area contributed by atoms with E-state index in [0.29, 0.717) is 22.3 Å². The zero-order chi connectivity index (χ0) is 12.0. The van der Waals surface area contributed by atoms with Crippen LogP contribution in [0, 0.1) is 0 Å². The lowest BCUT2D eigenvalue weighted by Crippen LogP contribution is -2.42. The molecule has 0 atom stereocenters. The predicted molar refractivity (Wildman–Crippen MR) is 70.5 cm³/mol. The molecule has 0 unspecified atom stereocenters. The Kier molecular flexibility index (Phi) is 7.32. The van der Waals surface area contributed by atoms with Gasteiger partial charge in [-0.1, -0.05) is 23.2 Å². The van der Waals surface area contributed by atoms with E-state index in [2.05, 4.69) is 27.7 Å². The summed E-state index contributed by atoms with van der Waals surface area (Å²) in [6.45, 7) is 8.48. The van der Waals surface area contributed by atoms with Gasteiger partial charge in [-0.3, -0.25) is 0 Å². The second-order valence-corrected chi connectivity index (χ2v) is 4.76. The molecule has 0 aliphatic heterocycles. The highest BCUT2D eigenvalue weighted by Gasteiger charge is 2.17. The molecule has 5 heteroatoms. The van der Waals surface area contributed by atoms with Crippen LogP contribution in [0.1, 0.15) is 27.7 Å². The lowest BCUT2D eigenvalue weighted by Gasteiger charge is -2.32. The summed E-state index contributed by atoms with van der Waals surface area (Å²) >= 11 is 16.3. The van der Waals surface area contributed by atoms with Gasteiger partial charge in [0.1, 0.15) is 6.61 Å². The molecule has 0 aromatic rings. The molecule has 0 aliphatic carbocycles. The van der Waals surface area contributed by atoms with Crippen molar-refractivity contribution in [1.29, 1.82) is 0 Å². The number of halogens is 2. The summed E-state index contributed by atoms with van der Waals surface area (Å²) in [5.41, 5.74) is 1.28. The van der Waals surface area contributed by atoms with Crippen molar-refractivity contribution >= 4 is 40.6 Å². The van der Waals surface area contributed by atoms with Crippen molar-refractivity contribution in [3.63, 3.8) is 0 Å². The highest BCUT2D eigenvalue weighted by Crippen LogP contribution is 2.10. The smallest absolute Gasteiger partial charge is 0.260 e. The minimum absolute atomic E-state index is 0.222. The minimum atomic E-state index is 0.222. The monoisotopic (exact) mass is 269 g/mol. The van der Waals surface area contributed by atoms with Gasteiger partial charge in [-0.15, -0.1) is 0 Å². The third kappa shape index (κ3) is 5.59. The van der Waals surface area contributed by atoms with Crippen LogP contribution in [0.15, 0.2) is 10.6 Å². The lowest BCUT2D eigenvalue weighted by atomic mass is 10.2. The molecule has 0 heterocycles. The lowest BCUT2D eigenvalue weighted by molar-refractivity contribution is 0.209. The zero-order valence-electron chi connectivity index (χ0n) is 9.46. The van der Waals surface area contributed by atoms with Crippen LogP contribution in [0.4, 0.5) is 0 Å². The van der Waals surface area contributed by atoms with Gasteiger partial charge in [-0.2, -0.15) is 0 Å². The van der Waals surface area contributed by atoms with Gasteiger partial charge in [0.15, 0.2) is 0 Å². The third-order valence-electron chi connectivity index (χ3n) is 1.78. The normalized spacial score (nSPS) is 12.1. The van der Waals surface area contributed by atoms with Crippen LogP contribution in [0.2, 0.25) is 0 Å². The first-order chi connectivity index (χ1) is 6.90. The quantitative estimate of drug-likeness (QED) is 0.722. The Morgan fingerprint density at radius 1 is 1.33 bits per heavy atom. The average molecular weight is 270 g/mol. The van der Waals surface area contributed by atoms with Gasteiger partial charge in [0.05, 0.1) is 5.03 Å². The maximum absolute atomic E-state index is 5.70. The van der Waals surface area contributed by atoms with Crippen LogP contribution >= 0.6 is 35.4 Å². The van der Waals surface area contributed by atoms with E-state index in [-0.39, 0.29) is 6.61 Å². The van der Waals surface area contributed by atoms with Crippen molar-refractivity contribution in [1.82, 2.24) is 4.90 Å². The molecule has 15 heavy (non-hydrogen) atoms. The minimum Gasteiger partial charge on any atom is -0.465 e. The molecule has 0 saturated carbocycles. The van der Waals surface area contributed by atoms with E-state index in [1.807, 2.05) is 4.90 Å². The molecule has 0 spiro atoms. The first-order valence-electron chi connectivity index (χ1n) is 4.80. The number of hydrogen-bond acceptors (Lipinski definition) is 2. The second-order valence-electron chi connectivity index (χ2n) is 3.71. The Balaban J connectivity index is 4.28. The first-order valence-corrected chi connectivity index (χ1v) is 6.02. The summed E-state index contributed by atoms with van der Waals surface area (Å²) in [5.74, 6) is 0. The van der Waals surface area contributed by atoms with Crippen LogP contribution in [0.5, 0.6) is 0 Å². The summed E-state index contributed by atoms with van der Waals surface area (Å²) in [7, 11) is 0. The average Bonchev–Trinajstić information content (AvgIpc) is 2.12. The molecule has 88 valence electrons. The topological polar surface area (TPSA) is 12.5 Å². The Morgan fingerprint density at radius 3 is 2.13 bits per heavy atom. The van der Waals surface area contributed by atoms with E-state index in [0.717, 1.165) is 0 Å². The summed E-state index contributed by atoms with van der Waals surface area (Å²) in [4.78, 5) is 2.01. The first kappa shape index (κ1) is 15.0. The highest BCUT2D eigenvalue weighted by atomic mass is 35.5. The van der Waals surface area contributed by atoms with Gasteiger partial charge < -0.3 is 9.64 Å². The second kappa shape index (κ2) is 7.31. The molecular formula is C10H17Cl2NOS. The third-order valence-corrected chi connectivity index (χ3v) is 2.70. The van der Waals surface area contributed by atoms with Gasteiger partial charge >= 0.3 is 0 Å². The molecular weight excluding hydrogens is 253 g/mol. The van der Waals surface area contributed by atoms with Crippen molar-refractivity contribution in [2.45, 2.75) is 39.8 Å². The van der Waals surface area contributed by atoms with Gasteiger partial charge in [0.2, 0.25) is 0 Å². The van der Waals surface area contributed by atoms with E-state index in [1.54, 1.807) is 0 Å². The van der Waals surface area contributed by atoms with E-state index in [4.69, 9.17) is 40.2 Å². The molecule has 0 bridgehead atoms. The summed E-state index contributed by atoms with van der Waals surface area (Å²) in [5, 5.41) is 0.892. The molecule has 0 aromatic carbocycles. The van der Waals surface area contributed by atoms with Crippen LogP contribution in [-0.4, -0.2) is 28.8 Å². The number of hydrogen-bond donors (Lipinski definition) is 0.